The first-order chi connectivity index (χ1) is 14.0. The number of aromatic nitrogens is 2. The molecule has 1 amide bonds. The fraction of sp³-hybridized carbons (Fsp3) is 0.474. The zero-order chi connectivity index (χ0) is 20.5. The third kappa shape index (κ3) is 3.87. The molecule has 2 fully saturated rings. The van der Waals surface area contributed by atoms with Crippen molar-refractivity contribution in [3.63, 3.8) is 0 Å². The van der Waals surface area contributed by atoms with Crippen LogP contribution in [0.25, 0.3) is 11.0 Å². The Hall–Kier alpha value is -3.17. The number of esters is 1. The van der Waals surface area contributed by atoms with Crippen LogP contribution in [0.4, 0.5) is 15.0 Å². The Morgan fingerprint density at radius 1 is 1.28 bits per heavy atom. The number of carbonyl (C=O) groups is 2. The Labute approximate surface area is 165 Å². The lowest BCUT2D eigenvalue weighted by atomic mass is 10.2. The molecule has 1 saturated heterocycles. The van der Waals surface area contributed by atoms with Gasteiger partial charge in [0.05, 0.1) is 12.0 Å². The first-order valence-electron chi connectivity index (χ1n) is 9.57. The highest BCUT2D eigenvalue weighted by molar-refractivity contribution is 5.93. The maximum absolute atomic E-state index is 14.7. The van der Waals surface area contributed by atoms with Crippen molar-refractivity contribution >= 4 is 28.9 Å². The van der Waals surface area contributed by atoms with Gasteiger partial charge in [0.15, 0.2) is 11.6 Å². The number of nitrogens with zero attached hydrogens (tertiary/aromatic N) is 3. The third-order valence-electron chi connectivity index (χ3n) is 4.92. The van der Waals surface area contributed by atoms with Crippen LogP contribution in [0.2, 0.25) is 0 Å². The molecule has 29 heavy (non-hydrogen) atoms. The summed E-state index contributed by atoms with van der Waals surface area (Å²) in [4.78, 5) is 46.8. The van der Waals surface area contributed by atoms with Crippen molar-refractivity contribution in [3.8, 4) is 0 Å². The van der Waals surface area contributed by atoms with Crippen LogP contribution in [0.15, 0.2) is 17.1 Å². The first kappa shape index (κ1) is 19.2. The molecule has 1 N–H and O–H groups in total. The third-order valence-corrected chi connectivity index (χ3v) is 4.92. The first-order valence-corrected chi connectivity index (χ1v) is 9.57. The van der Waals surface area contributed by atoms with E-state index in [1.54, 1.807) is 16.7 Å². The van der Waals surface area contributed by atoms with Gasteiger partial charge in [-0.2, -0.15) is 0 Å². The van der Waals surface area contributed by atoms with Crippen LogP contribution >= 0.6 is 0 Å². The number of nitrogens with one attached hydrogen (secondary N) is 1. The monoisotopic (exact) mass is 404 g/mol. The Morgan fingerprint density at radius 3 is 2.66 bits per heavy atom. The highest BCUT2D eigenvalue weighted by Crippen LogP contribution is 2.25. The van der Waals surface area contributed by atoms with Crippen LogP contribution in [0, 0.1) is 5.82 Å². The number of hydrogen-bond donors (Lipinski definition) is 1. The lowest BCUT2D eigenvalue weighted by Gasteiger charge is -2.34. The van der Waals surface area contributed by atoms with Crippen molar-refractivity contribution in [2.75, 3.05) is 37.7 Å². The zero-order valence-electron chi connectivity index (χ0n) is 15.9. The summed E-state index contributed by atoms with van der Waals surface area (Å²) in [5.74, 6) is -1.29. The molecule has 2 aromatic rings. The van der Waals surface area contributed by atoms with E-state index < -0.39 is 23.3 Å². The number of halogens is 1. The molecule has 0 aromatic carbocycles. The second kappa shape index (κ2) is 7.69. The highest BCUT2D eigenvalue weighted by Gasteiger charge is 2.29. The lowest BCUT2D eigenvalue weighted by Crippen LogP contribution is -2.49. The van der Waals surface area contributed by atoms with Gasteiger partial charge >= 0.3 is 12.1 Å². The molecule has 0 atom stereocenters. The van der Waals surface area contributed by atoms with E-state index in [0.29, 0.717) is 32.8 Å². The van der Waals surface area contributed by atoms with E-state index in [-0.39, 0.29) is 28.5 Å². The number of fused-ring (bicyclic) bond motifs is 1. The topological polar surface area (TPSA) is 105 Å². The summed E-state index contributed by atoms with van der Waals surface area (Å²) in [6, 6.07) is 1.09. The molecule has 0 spiro atoms. The molecule has 4 rings (SSSR count). The van der Waals surface area contributed by atoms with Gasteiger partial charge in [-0.05, 0) is 25.8 Å². The number of ether oxygens (including phenoxy) is 2. The molecule has 0 bridgehead atoms. The van der Waals surface area contributed by atoms with Gasteiger partial charge in [0, 0.05) is 32.4 Å². The predicted octanol–water partition coefficient (Wildman–Crippen LogP) is 1.66. The molecule has 2 aliphatic rings. The SMILES string of the molecule is CCOC(=O)N1CCN(c2nc3[nH]cc(C(=O)OC4CC4)c(=O)c3cc2F)CC1. The van der Waals surface area contributed by atoms with Gasteiger partial charge in [0.1, 0.15) is 17.3 Å². The summed E-state index contributed by atoms with van der Waals surface area (Å²) in [7, 11) is 0. The van der Waals surface area contributed by atoms with Crippen molar-refractivity contribution in [1.82, 2.24) is 14.9 Å². The molecule has 3 heterocycles. The number of hydrogen-bond acceptors (Lipinski definition) is 7. The van der Waals surface area contributed by atoms with Gasteiger partial charge < -0.3 is 24.3 Å². The summed E-state index contributed by atoms with van der Waals surface area (Å²) in [5, 5.41) is -0.0124. The number of pyridine rings is 2. The van der Waals surface area contributed by atoms with Crippen molar-refractivity contribution in [2.45, 2.75) is 25.9 Å². The second-order valence-corrected chi connectivity index (χ2v) is 7.00. The van der Waals surface area contributed by atoms with E-state index in [1.807, 2.05) is 0 Å². The maximum atomic E-state index is 14.7. The molecular formula is C19H21FN4O5. The van der Waals surface area contributed by atoms with Gasteiger partial charge in [0.25, 0.3) is 0 Å². The van der Waals surface area contributed by atoms with Crippen LogP contribution in [0.3, 0.4) is 0 Å². The highest BCUT2D eigenvalue weighted by atomic mass is 19.1. The van der Waals surface area contributed by atoms with Crippen LogP contribution in [-0.2, 0) is 9.47 Å². The van der Waals surface area contributed by atoms with Crippen LogP contribution in [-0.4, -0.2) is 65.8 Å². The second-order valence-electron chi connectivity index (χ2n) is 7.00. The number of H-pyrrole nitrogens is 1. The minimum Gasteiger partial charge on any atom is -0.459 e. The number of rotatable bonds is 4. The summed E-state index contributed by atoms with van der Waals surface area (Å²) in [5.41, 5.74) is -0.599. The minimum absolute atomic E-state index is 0.0124. The predicted molar refractivity (Wildman–Crippen MR) is 102 cm³/mol. The van der Waals surface area contributed by atoms with Crippen molar-refractivity contribution in [3.05, 3.63) is 33.9 Å². The lowest BCUT2D eigenvalue weighted by molar-refractivity contribution is 0.0470. The fourth-order valence-electron chi connectivity index (χ4n) is 3.20. The molecule has 1 saturated carbocycles. The Balaban J connectivity index is 1.56. The van der Waals surface area contributed by atoms with E-state index in [2.05, 4.69) is 9.97 Å². The van der Waals surface area contributed by atoms with Crippen LogP contribution < -0.4 is 10.3 Å². The minimum atomic E-state index is -0.713. The average Bonchev–Trinajstić information content (AvgIpc) is 3.52. The van der Waals surface area contributed by atoms with E-state index in [1.165, 1.54) is 6.20 Å². The van der Waals surface area contributed by atoms with E-state index in [0.717, 1.165) is 18.9 Å². The van der Waals surface area contributed by atoms with E-state index in [4.69, 9.17) is 9.47 Å². The van der Waals surface area contributed by atoms with Gasteiger partial charge in [-0.3, -0.25) is 4.79 Å². The van der Waals surface area contributed by atoms with E-state index >= 15 is 0 Å². The molecule has 0 radical (unpaired) electrons. The molecule has 10 heteroatoms. The summed E-state index contributed by atoms with van der Waals surface area (Å²) in [6.45, 7) is 3.54. The van der Waals surface area contributed by atoms with Crippen molar-refractivity contribution < 1.29 is 23.5 Å². The zero-order valence-corrected chi connectivity index (χ0v) is 15.9. The summed E-state index contributed by atoms with van der Waals surface area (Å²) < 4.78 is 24.9. The van der Waals surface area contributed by atoms with E-state index in [9.17, 15) is 18.8 Å². The number of carbonyl (C=O) groups excluding carboxylic acids is 2. The summed E-state index contributed by atoms with van der Waals surface area (Å²) >= 11 is 0. The van der Waals surface area contributed by atoms with Gasteiger partial charge in [0.2, 0.25) is 5.43 Å². The molecule has 1 aliphatic heterocycles. The standard InChI is InChI=1S/C19H21FN4O5/c1-2-28-19(27)24-7-5-23(6-8-24)17-14(20)9-12-15(25)13(10-21-16(12)22-17)18(26)29-11-3-4-11/h9-11H,2-8H2,1H3,(H,21,22,25). The molecule has 0 unspecified atom stereocenters. The summed E-state index contributed by atoms with van der Waals surface area (Å²) in [6.07, 6.45) is 2.31. The Morgan fingerprint density at radius 2 is 2.00 bits per heavy atom. The molecule has 9 nitrogen and oxygen atoms in total. The number of piperazine rings is 1. The van der Waals surface area contributed by atoms with Gasteiger partial charge in [-0.15, -0.1) is 0 Å². The number of amides is 1. The molecule has 154 valence electrons. The molecule has 2 aromatic heterocycles. The number of aromatic amines is 1. The van der Waals surface area contributed by atoms with Gasteiger partial charge in [-0.25, -0.2) is 19.0 Å². The molecule has 1 aliphatic carbocycles. The fourth-order valence-corrected chi connectivity index (χ4v) is 3.20. The maximum Gasteiger partial charge on any atom is 0.409 e. The van der Waals surface area contributed by atoms with Crippen molar-refractivity contribution in [2.24, 2.45) is 0 Å². The Bertz CT molecular complexity index is 1010. The quantitative estimate of drug-likeness (QED) is 0.773. The number of anilines is 1. The van der Waals surface area contributed by atoms with Crippen molar-refractivity contribution in [1.29, 1.82) is 0 Å². The smallest absolute Gasteiger partial charge is 0.409 e. The van der Waals surface area contributed by atoms with Crippen LogP contribution in [0.5, 0.6) is 0 Å². The largest absolute Gasteiger partial charge is 0.459 e. The molecular weight excluding hydrogens is 383 g/mol. The van der Waals surface area contributed by atoms with Gasteiger partial charge in [-0.1, -0.05) is 0 Å². The Kier molecular flexibility index (Phi) is 5.08. The normalized spacial score (nSPS) is 16.8. The average molecular weight is 404 g/mol. The van der Waals surface area contributed by atoms with Crippen LogP contribution in [0.1, 0.15) is 30.1 Å².